The minimum Gasteiger partial charge on any atom is -0.394 e. The molecule has 2 N–H and O–H groups in total. The summed E-state index contributed by atoms with van der Waals surface area (Å²) in [6, 6.07) is 5.36. The summed E-state index contributed by atoms with van der Waals surface area (Å²) >= 11 is 11.9. The molecule has 0 radical (unpaired) electrons. The van der Waals surface area contributed by atoms with Crippen LogP contribution in [0.5, 0.6) is 0 Å². The van der Waals surface area contributed by atoms with Crippen LogP contribution in [0.4, 0.5) is 0 Å². The van der Waals surface area contributed by atoms with Gasteiger partial charge in [-0.3, -0.25) is 0 Å². The monoisotopic (exact) mass is 247 g/mol. The van der Waals surface area contributed by atoms with Crippen LogP contribution in [0.15, 0.2) is 18.2 Å². The highest BCUT2D eigenvalue weighted by Crippen LogP contribution is 2.26. The topological polar surface area (TPSA) is 32.3 Å². The molecule has 15 heavy (non-hydrogen) atoms. The van der Waals surface area contributed by atoms with Crippen molar-refractivity contribution in [1.82, 2.24) is 5.32 Å². The Bertz CT molecular complexity index is 328. The van der Waals surface area contributed by atoms with Gasteiger partial charge in [0.2, 0.25) is 0 Å². The van der Waals surface area contributed by atoms with E-state index in [1.807, 2.05) is 13.8 Å². The third-order valence-electron chi connectivity index (χ3n) is 2.05. The molecular formula is C11H15Cl2NO. The fraction of sp³-hybridized carbons (Fsp3) is 0.455. The van der Waals surface area contributed by atoms with Crippen molar-refractivity contribution in [3.8, 4) is 0 Å². The van der Waals surface area contributed by atoms with Crippen LogP contribution < -0.4 is 5.32 Å². The first-order valence-electron chi connectivity index (χ1n) is 4.86. The predicted molar refractivity (Wildman–Crippen MR) is 64.6 cm³/mol. The zero-order valence-electron chi connectivity index (χ0n) is 8.80. The first-order valence-corrected chi connectivity index (χ1v) is 5.62. The average Bonchev–Trinajstić information content (AvgIpc) is 2.18. The van der Waals surface area contributed by atoms with Gasteiger partial charge < -0.3 is 10.4 Å². The predicted octanol–water partition coefficient (Wildman–Crippen LogP) is 3.02. The summed E-state index contributed by atoms with van der Waals surface area (Å²) in [6.45, 7) is 4.03. The molecule has 0 saturated heterocycles. The van der Waals surface area contributed by atoms with Gasteiger partial charge in [0.1, 0.15) is 0 Å². The summed E-state index contributed by atoms with van der Waals surface area (Å²) in [4.78, 5) is 0. The van der Waals surface area contributed by atoms with Crippen molar-refractivity contribution in [2.75, 3.05) is 6.61 Å². The number of hydrogen-bond acceptors (Lipinski definition) is 2. The second-order valence-corrected chi connectivity index (χ2v) is 4.57. The lowest BCUT2D eigenvalue weighted by Gasteiger charge is -2.20. The molecule has 1 rings (SSSR count). The van der Waals surface area contributed by atoms with Gasteiger partial charge in [-0.25, -0.2) is 0 Å². The summed E-state index contributed by atoms with van der Waals surface area (Å²) in [6.07, 6.45) is 0. The minimum absolute atomic E-state index is 0.00174. The molecule has 1 aromatic rings. The lowest BCUT2D eigenvalue weighted by atomic mass is 10.1. The van der Waals surface area contributed by atoms with Gasteiger partial charge in [-0.15, -0.1) is 0 Å². The van der Waals surface area contributed by atoms with Gasteiger partial charge >= 0.3 is 0 Å². The Morgan fingerprint density at radius 1 is 1.33 bits per heavy atom. The second kappa shape index (κ2) is 5.71. The molecule has 1 aromatic carbocycles. The average molecular weight is 248 g/mol. The molecule has 0 aliphatic rings. The highest BCUT2D eigenvalue weighted by atomic mass is 35.5. The van der Waals surface area contributed by atoms with E-state index >= 15 is 0 Å². The molecule has 0 bridgehead atoms. The normalized spacial score (nSPS) is 13.2. The smallest absolute Gasteiger partial charge is 0.0627 e. The molecule has 4 heteroatoms. The maximum Gasteiger partial charge on any atom is 0.0627 e. The van der Waals surface area contributed by atoms with E-state index in [1.54, 1.807) is 18.2 Å². The van der Waals surface area contributed by atoms with E-state index in [-0.39, 0.29) is 18.7 Å². The van der Waals surface area contributed by atoms with Crippen molar-refractivity contribution in [1.29, 1.82) is 0 Å². The van der Waals surface area contributed by atoms with Gasteiger partial charge in [-0.05, 0) is 23.8 Å². The van der Waals surface area contributed by atoms with Crippen LogP contribution in [0.2, 0.25) is 10.0 Å². The molecule has 0 saturated carbocycles. The Morgan fingerprint density at radius 3 is 2.53 bits per heavy atom. The standard InChI is InChI=1S/C11H15Cl2NO/c1-7(2)14-11(6-15)9-5-8(12)3-4-10(9)13/h3-5,7,11,14-15H,6H2,1-2H3. The number of benzene rings is 1. The molecule has 0 aliphatic heterocycles. The van der Waals surface area contributed by atoms with Crippen LogP contribution in [-0.4, -0.2) is 17.8 Å². The zero-order chi connectivity index (χ0) is 11.4. The van der Waals surface area contributed by atoms with E-state index in [2.05, 4.69) is 5.32 Å². The summed E-state index contributed by atoms with van der Waals surface area (Å²) in [7, 11) is 0. The van der Waals surface area contributed by atoms with Crippen LogP contribution >= 0.6 is 23.2 Å². The molecule has 0 heterocycles. The first-order chi connectivity index (χ1) is 7.04. The van der Waals surface area contributed by atoms with Gasteiger partial charge in [-0.2, -0.15) is 0 Å². The van der Waals surface area contributed by atoms with E-state index in [1.165, 1.54) is 0 Å². The van der Waals surface area contributed by atoms with E-state index in [0.717, 1.165) is 5.56 Å². The van der Waals surface area contributed by atoms with Crippen molar-refractivity contribution in [2.45, 2.75) is 25.9 Å². The maximum absolute atomic E-state index is 9.28. The van der Waals surface area contributed by atoms with Gasteiger partial charge in [0.25, 0.3) is 0 Å². The number of aliphatic hydroxyl groups excluding tert-OH is 1. The van der Waals surface area contributed by atoms with E-state index in [4.69, 9.17) is 23.2 Å². The van der Waals surface area contributed by atoms with Crippen molar-refractivity contribution in [3.05, 3.63) is 33.8 Å². The van der Waals surface area contributed by atoms with Gasteiger partial charge in [0, 0.05) is 16.1 Å². The van der Waals surface area contributed by atoms with Crippen molar-refractivity contribution in [3.63, 3.8) is 0 Å². The first kappa shape index (κ1) is 12.8. The number of nitrogens with one attached hydrogen (secondary N) is 1. The molecule has 0 spiro atoms. The van der Waals surface area contributed by atoms with Crippen LogP contribution in [0, 0.1) is 0 Å². The Morgan fingerprint density at radius 2 is 2.00 bits per heavy atom. The van der Waals surface area contributed by atoms with Crippen molar-refractivity contribution in [2.24, 2.45) is 0 Å². The maximum atomic E-state index is 9.28. The van der Waals surface area contributed by atoms with Gasteiger partial charge in [0.05, 0.1) is 12.6 Å². The number of halogens is 2. The SMILES string of the molecule is CC(C)NC(CO)c1cc(Cl)ccc1Cl. The molecule has 0 aliphatic carbocycles. The summed E-state index contributed by atoms with van der Waals surface area (Å²) < 4.78 is 0. The van der Waals surface area contributed by atoms with Crippen LogP contribution in [-0.2, 0) is 0 Å². The zero-order valence-corrected chi connectivity index (χ0v) is 10.3. The van der Waals surface area contributed by atoms with Crippen molar-refractivity contribution < 1.29 is 5.11 Å². The minimum atomic E-state index is -0.170. The molecule has 0 amide bonds. The Hall–Kier alpha value is -0.280. The Kier molecular flexibility index (Phi) is 4.87. The summed E-state index contributed by atoms with van der Waals surface area (Å²) in [5.41, 5.74) is 0.834. The third-order valence-corrected chi connectivity index (χ3v) is 2.63. The van der Waals surface area contributed by atoms with Crippen LogP contribution in [0.1, 0.15) is 25.5 Å². The molecule has 1 unspecified atom stereocenters. The quantitative estimate of drug-likeness (QED) is 0.858. The molecular weight excluding hydrogens is 233 g/mol. The van der Waals surface area contributed by atoms with E-state index in [9.17, 15) is 5.11 Å². The van der Waals surface area contributed by atoms with Gasteiger partial charge in [0.15, 0.2) is 0 Å². The van der Waals surface area contributed by atoms with Crippen LogP contribution in [0.25, 0.3) is 0 Å². The highest BCUT2D eigenvalue weighted by molar-refractivity contribution is 6.33. The van der Waals surface area contributed by atoms with Crippen LogP contribution in [0.3, 0.4) is 0 Å². The lowest BCUT2D eigenvalue weighted by molar-refractivity contribution is 0.237. The number of hydrogen-bond donors (Lipinski definition) is 2. The summed E-state index contributed by atoms with van der Waals surface area (Å²) in [5.74, 6) is 0. The molecule has 0 fully saturated rings. The highest BCUT2D eigenvalue weighted by Gasteiger charge is 2.14. The fourth-order valence-electron chi connectivity index (χ4n) is 1.42. The Labute approximate surface area is 100 Å². The van der Waals surface area contributed by atoms with Gasteiger partial charge in [-0.1, -0.05) is 37.0 Å². The molecule has 84 valence electrons. The second-order valence-electron chi connectivity index (χ2n) is 3.72. The van der Waals surface area contributed by atoms with E-state index < -0.39 is 0 Å². The Balaban J connectivity index is 2.95. The number of aliphatic hydroxyl groups is 1. The van der Waals surface area contributed by atoms with Crippen molar-refractivity contribution >= 4 is 23.2 Å². The number of rotatable bonds is 4. The molecule has 0 aromatic heterocycles. The fourth-order valence-corrected chi connectivity index (χ4v) is 1.85. The summed E-state index contributed by atoms with van der Waals surface area (Å²) in [5, 5.41) is 13.7. The largest absolute Gasteiger partial charge is 0.394 e. The third kappa shape index (κ3) is 3.65. The van der Waals surface area contributed by atoms with E-state index in [0.29, 0.717) is 10.0 Å². The lowest BCUT2D eigenvalue weighted by Crippen LogP contribution is -2.30. The molecule has 2 nitrogen and oxygen atoms in total. The molecule has 1 atom stereocenters.